The molecule has 2 aromatic rings. The van der Waals surface area contributed by atoms with Gasteiger partial charge in [0.25, 0.3) is 0 Å². The van der Waals surface area contributed by atoms with E-state index in [0.29, 0.717) is 6.54 Å². The summed E-state index contributed by atoms with van der Waals surface area (Å²) < 4.78 is 8.30. The van der Waals surface area contributed by atoms with Gasteiger partial charge in [0.1, 0.15) is 11.0 Å². The number of hydrogen-bond donors (Lipinski definition) is 1. The number of nitrogens with zero attached hydrogens (tertiary/aromatic N) is 2. The van der Waals surface area contributed by atoms with E-state index in [9.17, 15) is 4.79 Å². The maximum absolute atomic E-state index is 10.7. The zero-order valence-corrected chi connectivity index (χ0v) is 8.47. The van der Waals surface area contributed by atoms with E-state index in [1.807, 2.05) is 18.2 Å². The van der Waals surface area contributed by atoms with Crippen molar-refractivity contribution in [2.75, 3.05) is 0 Å². The van der Waals surface area contributed by atoms with E-state index in [0.717, 1.165) is 16.6 Å². The van der Waals surface area contributed by atoms with Gasteiger partial charge in [-0.3, -0.25) is 4.79 Å². The van der Waals surface area contributed by atoms with Crippen molar-refractivity contribution in [3.63, 3.8) is 0 Å². The molecule has 2 rings (SSSR count). The Morgan fingerprint density at radius 1 is 1.50 bits per heavy atom. The van der Waals surface area contributed by atoms with Gasteiger partial charge in [-0.2, -0.15) is 8.75 Å². The monoisotopic (exact) mass is 207 g/mol. The van der Waals surface area contributed by atoms with Crippen molar-refractivity contribution in [1.29, 1.82) is 0 Å². The largest absolute Gasteiger partial charge is 0.352 e. The SMILES string of the molecule is CC(=O)NCc1cccc2nsnc12. The molecule has 0 saturated heterocycles. The number of nitrogens with one attached hydrogen (secondary N) is 1. The van der Waals surface area contributed by atoms with Gasteiger partial charge in [-0.15, -0.1) is 0 Å². The van der Waals surface area contributed by atoms with E-state index < -0.39 is 0 Å². The van der Waals surface area contributed by atoms with Crippen molar-refractivity contribution in [1.82, 2.24) is 14.1 Å². The highest BCUT2D eigenvalue weighted by atomic mass is 32.1. The Morgan fingerprint density at radius 2 is 2.36 bits per heavy atom. The molecule has 0 aliphatic carbocycles. The number of hydrogen-bond acceptors (Lipinski definition) is 4. The summed E-state index contributed by atoms with van der Waals surface area (Å²) in [6, 6.07) is 5.77. The number of fused-ring (bicyclic) bond motifs is 1. The number of aromatic nitrogens is 2. The van der Waals surface area contributed by atoms with E-state index in [1.54, 1.807) is 0 Å². The van der Waals surface area contributed by atoms with Gasteiger partial charge < -0.3 is 5.32 Å². The van der Waals surface area contributed by atoms with Crippen LogP contribution in [0.2, 0.25) is 0 Å². The molecule has 0 aliphatic heterocycles. The molecule has 0 spiro atoms. The van der Waals surface area contributed by atoms with Crippen molar-refractivity contribution in [3.05, 3.63) is 23.8 Å². The van der Waals surface area contributed by atoms with Crippen LogP contribution >= 0.6 is 11.7 Å². The zero-order chi connectivity index (χ0) is 9.97. The van der Waals surface area contributed by atoms with Crippen LogP contribution in [-0.2, 0) is 11.3 Å². The Balaban J connectivity index is 2.32. The third kappa shape index (κ3) is 1.72. The fourth-order valence-electron chi connectivity index (χ4n) is 1.22. The third-order valence-electron chi connectivity index (χ3n) is 1.90. The van der Waals surface area contributed by atoms with E-state index in [1.165, 1.54) is 18.7 Å². The molecule has 5 heteroatoms. The summed E-state index contributed by atoms with van der Waals surface area (Å²) in [5.74, 6) is -0.0369. The second-order valence-electron chi connectivity index (χ2n) is 2.96. The van der Waals surface area contributed by atoms with Gasteiger partial charge in [-0.1, -0.05) is 12.1 Å². The molecule has 0 aliphatic rings. The molecule has 0 unspecified atom stereocenters. The number of carbonyl (C=O) groups is 1. The van der Waals surface area contributed by atoms with Gasteiger partial charge in [-0.25, -0.2) is 0 Å². The molecule has 0 saturated carbocycles. The Kier molecular flexibility index (Phi) is 2.41. The first-order valence-corrected chi connectivity index (χ1v) is 4.95. The van der Waals surface area contributed by atoms with Crippen molar-refractivity contribution in [2.45, 2.75) is 13.5 Å². The highest BCUT2D eigenvalue weighted by Gasteiger charge is 2.04. The molecule has 0 radical (unpaired) electrons. The minimum atomic E-state index is -0.0369. The topological polar surface area (TPSA) is 54.9 Å². The molecular weight excluding hydrogens is 198 g/mol. The van der Waals surface area contributed by atoms with Crippen LogP contribution in [0.1, 0.15) is 12.5 Å². The van der Waals surface area contributed by atoms with E-state index in [-0.39, 0.29) is 5.91 Å². The van der Waals surface area contributed by atoms with E-state index in [2.05, 4.69) is 14.1 Å². The van der Waals surface area contributed by atoms with Crippen LogP contribution < -0.4 is 5.32 Å². The van der Waals surface area contributed by atoms with Crippen LogP contribution in [0.5, 0.6) is 0 Å². The van der Waals surface area contributed by atoms with Crippen molar-refractivity contribution in [3.8, 4) is 0 Å². The summed E-state index contributed by atoms with van der Waals surface area (Å²) in [5, 5.41) is 2.74. The lowest BCUT2D eigenvalue weighted by Gasteiger charge is -2.01. The van der Waals surface area contributed by atoms with Crippen molar-refractivity contribution < 1.29 is 4.79 Å². The van der Waals surface area contributed by atoms with E-state index in [4.69, 9.17) is 0 Å². The molecule has 1 heterocycles. The molecule has 72 valence electrons. The van der Waals surface area contributed by atoms with Gasteiger partial charge in [0.2, 0.25) is 5.91 Å². The highest BCUT2D eigenvalue weighted by molar-refractivity contribution is 7.00. The average Bonchev–Trinajstić information content (AvgIpc) is 2.62. The number of carbonyl (C=O) groups excluding carboxylic acids is 1. The fraction of sp³-hybridized carbons (Fsp3) is 0.222. The predicted octanol–water partition coefficient (Wildman–Crippen LogP) is 1.33. The second-order valence-corrected chi connectivity index (χ2v) is 3.49. The standard InChI is InChI=1S/C9H9N3OS/c1-6(13)10-5-7-3-2-4-8-9(7)12-14-11-8/h2-4H,5H2,1H3,(H,10,13). The van der Waals surface area contributed by atoms with Crippen LogP contribution in [-0.4, -0.2) is 14.7 Å². The quantitative estimate of drug-likeness (QED) is 0.808. The summed E-state index contributed by atoms with van der Waals surface area (Å²) in [7, 11) is 0. The second kappa shape index (κ2) is 3.71. The van der Waals surface area contributed by atoms with Crippen molar-refractivity contribution >= 4 is 28.7 Å². The predicted molar refractivity (Wildman–Crippen MR) is 54.9 cm³/mol. The summed E-state index contributed by atoms with van der Waals surface area (Å²) in [6.07, 6.45) is 0. The molecular formula is C9H9N3OS. The van der Waals surface area contributed by atoms with Crippen LogP contribution in [0.25, 0.3) is 11.0 Å². The Labute approximate surface area is 85.3 Å². The molecule has 4 nitrogen and oxygen atoms in total. The first kappa shape index (κ1) is 9.08. The maximum atomic E-state index is 10.7. The van der Waals surface area contributed by atoms with Gasteiger partial charge in [0.15, 0.2) is 0 Å². The van der Waals surface area contributed by atoms with Crippen molar-refractivity contribution in [2.24, 2.45) is 0 Å². The molecule has 0 fully saturated rings. The zero-order valence-electron chi connectivity index (χ0n) is 7.65. The molecule has 1 amide bonds. The van der Waals surface area contributed by atoms with E-state index >= 15 is 0 Å². The normalized spacial score (nSPS) is 10.4. The molecule has 14 heavy (non-hydrogen) atoms. The summed E-state index contributed by atoms with van der Waals surface area (Å²) in [6.45, 7) is 2.01. The van der Waals surface area contributed by atoms with Crippen LogP contribution in [0, 0.1) is 0 Å². The number of benzene rings is 1. The lowest BCUT2D eigenvalue weighted by atomic mass is 10.2. The number of amides is 1. The fourth-order valence-corrected chi connectivity index (χ4v) is 1.79. The molecule has 1 aromatic heterocycles. The molecule has 0 atom stereocenters. The maximum Gasteiger partial charge on any atom is 0.217 e. The minimum absolute atomic E-state index is 0.0369. The van der Waals surface area contributed by atoms with Gasteiger partial charge in [-0.05, 0) is 6.07 Å². The van der Waals surface area contributed by atoms with Crippen LogP contribution in [0.3, 0.4) is 0 Å². The highest BCUT2D eigenvalue weighted by Crippen LogP contribution is 2.15. The smallest absolute Gasteiger partial charge is 0.217 e. The van der Waals surface area contributed by atoms with Crippen LogP contribution in [0.4, 0.5) is 0 Å². The van der Waals surface area contributed by atoms with Gasteiger partial charge >= 0.3 is 0 Å². The molecule has 1 aromatic carbocycles. The molecule has 0 bridgehead atoms. The first-order chi connectivity index (χ1) is 6.77. The summed E-state index contributed by atoms with van der Waals surface area (Å²) >= 11 is 1.19. The average molecular weight is 207 g/mol. The third-order valence-corrected chi connectivity index (χ3v) is 2.44. The first-order valence-electron chi connectivity index (χ1n) is 4.22. The molecule has 1 N–H and O–H groups in total. The summed E-state index contributed by atoms with van der Waals surface area (Å²) in [5.41, 5.74) is 2.77. The van der Waals surface area contributed by atoms with Gasteiger partial charge in [0, 0.05) is 19.0 Å². The Morgan fingerprint density at radius 3 is 3.14 bits per heavy atom. The lowest BCUT2D eigenvalue weighted by molar-refractivity contribution is -0.119. The lowest BCUT2D eigenvalue weighted by Crippen LogP contribution is -2.18. The Bertz CT molecular complexity index is 466. The Hall–Kier alpha value is -1.49. The minimum Gasteiger partial charge on any atom is -0.352 e. The van der Waals surface area contributed by atoms with Crippen LogP contribution in [0.15, 0.2) is 18.2 Å². The van der Waals surface area contributed by atoms with Gasteiger partial charge in [0.05, 0.1) is 11.7 Å². The number of rotatable bonds is 2. The summed E-state index contributed by atoms with van der Waals surface area (Å²) in [4.78, 5) is 10.7.